The lowest BCUT2D eigenvalue weighted by Crippen LogP contribution is -2.48. The molecule has 0 aliphatic carbocycles. The monoisotopic (exact) mass is 507 g/mol. The van der Waals surface area contributed by atoms with Gasteiger partial charge in [0.05, 0.1) is 19.6 Å². The first kappa shape index (κ1) is 29.2. The van der Waals surface area contributed by atoms with Gasteiger partial charge in [0.2, 0.25) is 0 Å². The minimum absolute atomic E-state index is 0.138. The second-order valence-electron chi connectivity index (χ2n) is 8.84. The normalized spacial score (nSPS) is 17.6. The van der Waals surface area contributed by atoms with Crippen LogP contribution in [0.4, 0.5) is 0 Å². The van der Waals surface area contributed by atoms with Crippen molar-refractivity contribution < 1.29 is 34.5 Å². The van der Waals surface area contributed by atoms with Crippen molar-refractivity contribution in [3.05, 3.63) is 35.4 Å². The number of nitrogens with zero attached hydrogens (tertiary/aromatic N) is 4. The molecule has 0 saturated carbocycles. The van der Waals surface area contributed by atoms with Crippen molar-refractivity contribution >= 4 is 23.8 Å². The van der Waals surface area contributed by atoms with Gasteiger partial charge in [0, 0.05) is 71.0 Å². The van der Waals surface area contributed by atoms with Crippen LogP contribution in [0, 0.1) is 0 Å². The maximum Gasteiger partial charge on any atom is 0.317 e. The van der Waals surface area contributed by atoms with Gasteiger partial charge in [0.15, 0.2) is 0 Å². The fourth-order valence-electron chi connectivity index (χ4n) is 4.07. The molecule has 2 rings (SSSR count). The molecule has 36 heavy (non-hydrogen) atoms. The molecule has 1 amide bonds. The highest BCUT2D eigenvalue weighted by Crippen LogP contribution is 2.09. The third kappa shape index (κ3) is 11.1. The Labute approximate surface area is 211 Å². The van der Waals surface area contributed by atoms with E-state index >= 15 is 0 Å². The highest BCUT2D eigenvalue weighted by Gasteiger charge is 2.20. The fourth-order valence-corrected chi connectivity index (χ4v) is 4.07. The molecule has 0 bridgehead atoms. The van der Waals surface area contributed by atoms with Crippen molar-refractivity contribution in [2.45, 2.75) is 13.5 Å². The first-order valence-corrected chi connectivity index (χ1v) is 12.1. The second kappa shape index (κ2) is 15.1. The molecule has 1 aliphatic rings. The van der Waals surface area contributed by atoms with E-state index < -0.39 is 17.9 Å². The summed E-state index contributed by atoms with van der Waals surface area (Å²) < 4.78 is 0. The number of carbonyl (C=O) groups excluding carboxylic acids is 1. The number of hydrogen-bond acceptors (Lipinski definition) is 8. The molecule has 0 unspecified atom stereocenters. The lowest BCUT2D eigenvalue weighted by atomic mass is 10.1. The molecule has 1 aromatic rings. The highest BCUT2D eigenvalue weighted by atomic mass is 16.4. The van der Waals surface area contributed by atoms with Crippen LogP contribution in [0.2, 0.25) is 0 Å². The molecule has 1 heterocycles. The zero-order valence-electron chi connectivity index (χ0n) is 20.8. The van der Waals surface area contributed by atoms with Crippen molar-refractivity contribution in [1.82, 2.24) is 24.9 Å². The summed E-state index contributed by atoms with van der Waals surface area (Å²) >= 11 is 0. The zero-order valence-corrected chi connectivity index (χ0v) is 20.8. The van der Waals surface area contributed by atoms with Crippen LogP contribution in [0.25, 0.3) is 0 Å². The van der Waals surface area contributed by atoms with Crippen LogP contribution < -0.4 is 5.32 Å². The van der Waals surface area contributed by atoms with E-state index in [4.69, 9.17) is 0 Å². The predicted octanol–water partition coefficient (Wildman–Crippen LogP) is -0.588. The van der Waals surface area contributed by atoms with Gasteiger partial charge in [-0.25, -0.2) is 0 Å². The Kier molecular flexibility index (Phi) is 12.3. The van der Waals surface area contributed by atoms with E-state index in [0.29, 0.717) is 71.0 Å². The smallest absolute Gasteiger partial charge is 0.317 e. The third-order valence-corrected chi connectivity index (χ3v) is 5.97. The van der Waals surface area contributed by atoms with Crippen LogP contribution in [0.15, 0.2) is 24.3 Å². The Balaban J connectivity index is 2.16. The van der Waals surface area contributed by atoms with E-state index in [1.807, 2.05) is 19.1 Å². The van der Waals surface area contributed by atoms with E-state index in [9.17, 15) is 34.5 Å². The summed E-state index contributed by atoms with van der Waals surface area (Å²) in [6.07, 6.45) is 0. The largest absolute Gasteiger partial charge is 0.480 e. The Morgan fingerprint density at radius 3 is 1.36 bits per heavy atom. The van der Waals surface area contributed by atoms with Crippen molar-refractivity contribution in [2.75, 3.05) is 78.5 Å². The fraction of sp³-hybridized carbons (Fsp3) is 0.583. The Bertz CT molecular complexity index is 848. The molecule has 12 heteroatoms. The zero-order chi connectivity index (χ0) is 26.5. The molecular weight excluding hydrogens is 470 g/mol. The van der Waals surface area contributed by atoms with Crippen LogP contribution >= 0.6 is 0 Å². The number of rotatable bonds is 10. The summed E-state index contributed by atoms with van der Waals surface area (Å²) in [5, 5.41) is 30.7. The van der Waals surface area contributed by atoms with Crippen molar-refractivity contribution in [3.63, 3.8) is 0 Å². The lowest BCUT2D eigenvalue weighted by Gasteiger charge is -2.33. The first-order valence-electron chi connectivity index (χ1n) is 12.1. The van der Waals surface area contributed by atoms with Crippen LogP contribution in [-0.4, -0.2) is 137 Å². The number of carboxylic acids is 3. The molecular formula is C24H37N5O7. The molecule has 200 valence electrons. The first-order chi connectivity index (χ1) is 17.2. The van der Waals surface area contributed by atoms with E-state index in [2.05, 4.69) is 10.2 Å². The van der Waals surface area contributed by atoms with Gasteiger partial charge < -0.3 is 20.6 Å². The van der Waals surface area contributed by atoms with Gasteiger partial charge in [-0.05, 0) is 24.6 Å². The SMILES string of the molecule is CCNC(=O)c1ccc(CN2CCN(CC(=O)O)CCN(CC(=O)O)CCN(CC(=O)O)CC2)cc1. The summed E-state index contributed by atoms with van der Waals surface area (Å²) in [7, 11) is 0. The molecule has 0 radical (unpaired) electrons. The molecule has 0 aromatic heterocycles. The van der Waals surface area contributed by atoms with E-state index in [1.165, 1.54) is 0 Å². The molecule has 1 fully saturated rings. The van der Waals surface area contributed by atoms with E-state index in [1.54, 1.807) is 26.8 Å². The molecule has 12 nitrogen and oxygen atoms in total. The topological polar surface area (TPSA) is 154 Å². The number of benzene rings is 1. The third-order valence-electron chi connectivity index (χ3n) is 5.97. The molecule has 1 aliphatic heterocycles. The van der Waals surface area contributed by atoms with Crippen LogP contribution in [-0.2, 0) is 20.9 Å². The van der Waals surface area contributed by atoms with Crippen LogP contribution in [0.3, 0.4) is 0 Å². The van der Waals surface area contributed by atoms with Gasteiger partial charge in [-0.2, -0.15) is 0 Å². The molecule has 4 N–H and O–H groups in total. The maximum absolute atomic E-state index is 12.0. The highest BCUT2D eigenvalue weighted by molar-refractivity contribution is 5.94. The number of hydrogen-bond donors (Lipinski definition) is 4. The molecule has 1 saturated heterocycles. The average molecular weight is 508 g/mol. The minimum Gasteiger partial charge on any atom is -0.480 e. The van der Waals surface area contributed by atoms with E-state index in [0.717, 1.165) is 5.56 Å². The standard InChI is InChI=1S/C24H37N5O7/c1-2-25-24(36)20-5-3-19(4-6-20)15-26-7-9-27(16-21(30)31)11-13-29(18-23(34)35)14-12-28(10-8-26)17-22(32)33/h3-6H,2,7-18H2,1H3,(H,25,36)(H,30,31)(H,32,33)(H,34,35). The molecule has 0 spiro atoms. The summed E-state index contributed by atoms with van der Waals surface area (Å²) in [6, 6.07) is 7.30. The summed E-state index contributed by atoms with van der Waals surface area (Å²) in [6.45, 7) is 5.97. The van der Waals surface area contributed by atoms with Gasteiger partial charge in [0.25, 0.3) is 5.91 Å². The Hall–Kier alpha value is -3.06. The number of aliphatic carboxylic acids is 3. The maximum atomic E-state index is 12.0. The summed E-state index contributed by atoms with van der Waals surface area (Å²) in [5.74, 6) is -3.03. The van der Waals surface area contributed by atoms with Gasteiger partial charge in [0.1, 0.15) is 0 Å². The second-order valence-corrected chi connectivity index (χ2v) is 8.84. The quantitative estimate of drug-likeness (QED) is 0.321. The summed E-state index contributed by atoms with van der Waals surface area (Å²) in [5.41, 5.74) is 1.55. The summed E-state index contributed by atoms with van der Waals surface area (Å²) in [4.78, 5) is 53.5. The van der Waals surface area contributed by atoms with Crippen LogP contribution in [0.5, 0.6) is 0 Å². The molecule has 1 aromatic carbocycles. The van der Waals surface area contributed by atoms with Crippen molar-refractivity contribution in [1.29, 1.82) is 0 Å². The van der Waals surface area contributed by atoms with Crippen molar-refractivity contribution in [3.8, 4) is 0 Å². The number of nitrogens with one attached hydrogen (secondary N) is 1. The molecule has 0 atom stereocenters. The van der Waals surface area contributed by atoms with Gasteiger partial charge >= 0.3 is 17.9 Å². The van der Waals surface area contributed by atoms with Gasteiger partial charge in [-0.1, -0.05) is 12.1 Å². The van der Waals surface area contributed by atoms with E-state index in [-0.39, 0.29) is 25.5 Å². The number of carbonyl (C=O) groups is 4. The number of carboxylic acid groups (broad SMARTS) is 3. The average Bonchev–Trinajstić information content (AvgIpc) is 2.80. The Morgan fingerprint density at radius 1 is 0.667 bits per heavy atom. The minimum atomic E-state index is -0.985. The Morgan fingerprint density at radius 2 is 1.03 bits per heavy atom. The van der Waals surface area contributed by atoms with Gasteiger partial charge in [-0.15, -0.1) is 0 Å². The lowest BCUT2D eigenvalue weighted by molar-refractivity contribution is -0.140. The van der Waals surface area contributed by atoms with Gasteiger partial charge in [-0.3, -0.25) is 38.8 Å². The predicted molar refractivity (Wildman–Crippen MR) is 132 cm³/mol. The van der Waals surface area contributed by atoms with Crippen LogP contribution in [0.1, 0.15) is 22.8 Å². The van der Waals surface area contributed by atoms with Crippen molar-refractivity contribution in [2.24, 2.45) is 0 Å². The number of amides is 1.